The first-order valence-electron chi connectivity index (χ1n) is 7.61. The summed E-state index contributed by atoms with van der Waals surface area (Å²) in [5, 5.41) is 24.0. The van der Waals surface area contributed by atoms with Crippen molar-refractivity contribution in [1.29, 1.82) is 0 Å². The van der Waals surface area contributed by atoms with Gasteiger partial charge in [-0.05, 0) is 45.9 Å². The van der Waals surface area contributed by atoms with E-state index < -0.39 is 11.0 Å². The van der Waals surface area contributed by atoms with Crippen LogP contribution in [0.15, 0.2) is 54.6 Å². The number of hydrogen-bond donors (Lipinski definition) is 1. The van der Waals surface area contributed by atoms with E-state index in [0.717, 1.165) is 23.8 Å². The molecule has 23 heavy (non-hydrogen) atoms. The molecule has 4 rings (SSSR count). The van der Waals surface area contributed by atoms with Gasteiger partial charge in [0.2, 0.25) is 0 Å². The third kappa shape index (κ3) is 2.19. The highest BCUT2D eigenvalue weighted by atomic mass is 16.6. The maximum Gasteiger partial charge on any atom is 0.269 e. The highest BCUT2D eigenvalue weighted by Crippen LogP contribution is 2.37. The molecule has 4 heteroatoms. The predicted molar refractivity (Wildman–Crippen MR) is 88.5 cm³/mol. The van der Waals surface area contributed by atoms with Crippen molar-refractivity contribution in [3.63, 3.8) is 0 Å². The molecule has 0 unspecified atom stereocenters. The molecule has 4 nitrogen and oxygen atoms in total. The zero-order valence-corrected chi connectivity index (χ0v) is 12.4. The maximum absolute atomic E-state index is 10.9. The third-order valence-corrected chi connectivity index (χ3v) is 4.60. The summed E-state index contributed by atoms with van der Waals surface area (Å²) in [6.07, 6.45) is 1.19. The molecule has 3 aromatic rings. The molecule has 1 aliphatic carbocycles. The van der Waals surface area contributed by atoms with Crippen LogP contribution < -0.4 is 0 Å². The highest BCUT2D eigenvalue weighted by Gasteiger charge is 2.20. The standard InChI is InChI=1S/C19H15NO3/c21-19(14-4-1-5-15(11-14)20(22)23)17-10-9-13-8-7-12-3-2-6-16(17)18(12)13/h1-6,9-11,19,21H,7-8H2/t19-/m1/s1. The second kappa shape index (κ2) is 5.18. The molecule has 1 atom stereocenters. The Morgan fingerprint density at radius 1 is 1.00 bits per heavy atom. The van der Waals surface area contributed by atoms with E-state index >= 15 is 0 Å². The predicted octanol–water partition coefficient (Wildman–Crippen LogP) is 3.93. The fourth-order valence-electron chi connectivity index (χ4n) is 3.50. The molecule has 0 fully saturated rings. The Labute approximate surface area is 133 Å². The molecular weight excluding hydrogens is 290 g/mol. The van der Waals surface area contributed by atoms with Crippen LogP contribution in [0.25, 0.3) is 10.8 Å². The van der Waals surface area contributed by atoms with Crippen LogP contribution in [0.1, 0.15) is 28.4 Å². The summed E-state index contributed by atoms with van der Waals surface area (Å²) in [4.78, 5) is 10.5. The van der Waals surface area contributed by atoms with Crippen molar-refractivity contribution in [2.45, 2.75) is 18.9 Å². The smallest absolute Gasteiger partial charge is 0.269 e. The minimum absolute atomic E-state index is 0.00696. The van der Waals surface area contributed by atoms with Crippen molar-refractivity contribution in [2.24, 2.45) is 0 Å². The number of benzene rings is 3. The minimum Gasteiger partial charge on any atom is -0.384 e. The van der Waals surface area contributed by atoms with E-state index in [1.165, 1.54) is 28.6 Å². The molecule has 0 aliphatic heterocycles. The van der Waals surface area contributed by atoms with Crippen molar-refractivity contribution in [3.8, 4) is 0 Å². The van der Waals surface area contributed by atoms with Crippen LogP contribution in [0.5, 0.6) is 0 Å². The molecule has 0 spiro atoms. The van der Waals surface area contributed by atoms with Gasteiger partial charge in [-0.15, -0.1) is 0 Å². The van der Waals surface area contributed by atoms with Crippen LogP contribution in [0.4, 0.5) is 5.69 Å². The van der Waals surface area contributed by atoms with Gasteiger partial charge in [-0.2, -0.15) is 0 Å². The summed E-state index contributed by atoms with van der Waals surface area (Å²) in [6, 6.07) is 16.4. The second-order valence-electron chi connectivity index (χ2n) is 5.91. The largest absolute Gasteiger partial charge is 0.384 e. The lowest BCUT2D eigenvalue weighted by atomic mass is 9.93. The first-order chi connectivity index (χ1) is 11.1. The van der Waals surface area contributed by atoms with Gasteiger partial charge in [-0.1, -0.05) is 42.5 Å². The molecular formula is C19H15NO3. The van der Waals surface area contributed by atoms with Crippen molar-refractivity contribution in [3.05, 3.63) is 87.0 Å². The number of nitrogens with zero attached hydrogens (tertiary/aromatic N) is 1. The monoisotopic (exact) mass is 305 g/mol. The van der Waals surface area contributed by atoms with E-state index in [1.54, 1.807) is 12.1 Å². The molecule has 0 saturated heterocycles. The fourth-order valence-corrected chi connectivity index (χ4v) is 3.50. The normalized spacial score (nSPS) is 14.1. The minimum atomic E-state index is -0.875. The van der Waals surface area contributed by atoms with Crippen LogP contribution in [-0.2, 0) is 12.8 Å². The summed E-state index contributed by atoms with van der Waals surface area (Å²) in [5.74, 6) is 0. The summed E-state index contributed by atoms with van der Waals surface area (Å²) in [7, 11) is 0. The van der Waals surface area contributed by atoms with Gasteiger partial charge in [0.05, 0.1) is 4.92 Å². The van der Waals surface area contributed by atoms with Gasteiger partial charge in [0, 0.05) is 12.1 Å². The average Bonchev–Trinajstić information content (AvgIpc) is 3.00. The number of rotatable bonds is 3. The lowest BCUT2D eigenvalue weighted by Gasteiger charge is -2.15. The summed E-state index contributed by atoms with van der Waals surface area (Å²) in [5.41, 5.74) is 3.95. The molecule has 0 radical (unpaired) electrons. The SMILES string of the molecule is O=[N+]([O-])c1cccc([C@@H](O)c2ccc3c4c(cccc24)CC3)c1. The van der Waals surface area contributed by atoms with Crippen LogP contribution in [0, 0.1) is 10.1 Å². The van der Waals surface area contributed by atoms with E-state index in [4.69, 9.17) is 0 Å². The van der Waals surface area contributed by atoms with Gasteiger partial charge in [0.15, 0.2) is 0 Å². The van der Waals surface area contributed by atoms with E-state index in [0.29, 0.717) is 5.56 Å². The zero-order chi connectivity index (χ0) is 16.0. The van der Waals surface area contributed by atoms with Gasteiger partial charge < -0.3 is 5.11 Å². The molecule has 1 N–H and O–H groups in total. The van der Waals surface area contributed by atoms with E-state index in [2.05, 4.69) is 12.1 Å². The number of hydrogen-bond acceptors (Lipinski definition) is 3. The van der Waals surface area contributed by atoms with Gasteiger partial charge >= 0.3 is 0 Å². The maximum atomic E-state index is 10.9. The van der Waals surface area contributed by atoms with E-state index in [9.17, 15) is 15.2 Å². The average molecular weight is 305 g/mol. The molecule has 0 aromatic heterocycles. The quantitative estimate of drug-likeness (QED) is 0.589. The number of aliphatic hydroxyl groups excluding tert-OH is 1. The number of nitro groups is 1. The van der Waals surface area contributed by atoms with E-state index in [-0.39, 0.29) is 5.69 Å². The third-order valence-electron chi connectivity index (χ3n) is 4.60. The van der Waals surface area contributed by atoms with Crippen LogP contribution in [-0.4, -0.2) is 10.0 Å². The van der Waals surface area contributed by atoms with Gasteiger partial charge in [-0.25, -0.2) is 0 Å². The topological polar surface area (TPSA) is 63.4 Å². The Bertz CT molecular complexity index is 923. The van der Waals surface area contributed by atoms with Crippen molar-refractivity contribution in [1.82, 2.24) is 0 Å². The van der Waals surface area contributed by atoms with Crippen LogP contribution in [0.3, 0.4) is 0 Å². The highest BCUT2D eigenvalue weighted by molar-refractivity contribution is 5.93. The van der Waals surface area contributed by atoms with Crippen molar-refractivity contribution < 1.29 is 10.0 Å². The lowest BCUT2D eigenvalue weighted by Crippen LogP contribution is -2.02. The van der Waals surface area contributed by atoms with Crippen LogP contribution in [0.2, 0.25) is 0 Å². The summed E-state index contributed by atoms with van der Waals surface area (Å²) in [6.45, 7) is 0. The molecule has 0 amide bonds. The first-order valence-corrected chi connectivity index (χ1v) is 7.61. The van der Waals surface area contributed by atoms with Gasteiger partial charge in [0.1, 0.15) is 6.10 Å². The van der Waals surface area contributed by atoms with Crippen LogP contribution >= 0.6 is 0 Å². The Morgan fingerprint density at radius 2 is 1.74 bits per heavy atom. The molecule has 1 aliphatic rings. The number of non-ortho nitro benzene ring substituents is 1. The van der Waals surface area contributed by atoms with Crippen molar-refractivity contribution >= 4 is 16.5 Å². The fraction of sp³-hybridized carbons (Fsp3) is 0.158. The Balaban J connectivity index is 1.87. The summed E-state index contributed by atoms with van der Waals surface area (Å²) >= 11 is 0. The lowest BCUT2D eigenvalue weighted by molar-refractivity contribution is -0.385. The molecule has 3 aromatic carbocycles. The second-order valence-corrected chi connectivity index (χ2v) is 5.91. The van der Waals surface area contributed by atoms with Gasteiger partial charge in [-0.3, -0.25) is 10.1 Å². The van der Waals surface area contributed by atoms with Crippen molar-refractivity contribution in [2.75, 3.05) is 0 Å². The number of aryl methyl sites for hydroxylation is 2. The number of aliphatic hydroxyl groups is 1. The Kier molecular flexibility index (Phi) is 3.13. The Morgan fingerprint density at radius 3 is 2.52 bits per heavy atom. The molecule has 0 heterocycles. The first kappa shape index (κ1) is 13.9. The van der Waals surface area contributed by atoms with E-state index in [1.807, 2.05) is 18.2 Å². The van der Waals surface area contributed by atoms with Gasteiger partial charge in [0.25, 0.3) is 5.69 Å². The molecule has 0 bridgehead atoms. The molecule has 0 saturated carbocycles. The zero-order valence-electron chi connectivity index (χ0n) is 12.4. The Hall–Kier alpha value is -2.72. The molecule has 114 valence electrons. The number of nitro benzene ring substituents is 1. The summed E-state index contributed by atoms with van der Waals surface area (Å²) < 4.78 is 0.